The smallest absolute Gasteiger partial charge is 0.257 e. The van der Waals surface area contributed by atoms with Crippen molar-refractivity contribution in [3.63, 3.8) is 0 Å². The maximum Gasteiger partial charge on any atom is 0.257 e. The molecule has 4 rings (SSSR count). The average molecular weight is 345 g/mol. The van der Waals surface area contributed by atoms with Gasteiger partial charge in [-0.25, -0.2) is 9.07 Å². The Morgan fingerprint density at radius 3 is 2.83 bits per heavy atom. The summed E-state index contributed by atoms with van der Waals surface area (Å²) in [7, 11) is 0. The highest BCUT2D eigenvalue weighted by atomic mass is 32.2. The number of nitrogens with zero attached hydrogens (tertiary/aromatic N) is 3. The third kappa shape index (κ3) is 2.95. The summed E-state index contributed by atoms with van der Waals surface area (Å²) in [5.74, 6) is 2.16. The van der Waals surface area contributed by atoms with Crippen molar-refractivity contribution in [2.75, 3.05) is 24.6 Å². The van der Waals surface area contributed by atoms with Gasteiger partial charge in [-0.3, -0.25) is 4.79 Å². The van der Waals surface area contributed by atoms with Crippen molar-refractivity contribution in [3.05, 3.63) is 48.0 Å². The molecule has 0 N–H and O–H groups in total. The molecule has 1 aromatic carbocycles. The van der Waals surface area contributed by atoms with E-state index in [1.165, 1.54) is 36.5 Å². The predicted molar refractivity (Wildman–Crippen MR) is 93.0 cm³/mol. The first-order valence-corrected chi connectivity index (χ1v) is 9.48. The summed E-state index contributed by atoms with van der Waals surface area (Å²) in [6, 6.07) is 6.10. The number of hydrogen-bond donors (Lipinski definition) is 0. The lowest BCUT2D eigenvalue weighted by Crippen LogP contribution is -2.46. The predicted octanol–water partition coefficient (Wildman–Crippen LogP) is 3.37. The van der Waals surface area contributed by atoms with Crippen LogP contribution in [0.3, 0.4) is 0 Å². The van der Waals surface area contributed by atoms with Gasteiger partial charge in [-0.1, -0.05) is 0 Å². The Hall–Kier alpha value is -1.82. The second-order valence-corrected chi connectivity index (χ2v) is 7.89. The molecule has 2 saturated heterocycles. The zero-order valence-corrected chi connectivity index (χ0v) is 14.3. The third-order valence-corrected chi connectivity index (χ3v) is 6.36. The molecule has 0 bridgehead atoms. The van der Waals surface area contributed by atoms with Gasteiger partial charge in [0.15, 0.2) is 0 Å². The number of likely N-dealkylation sites (tertiary alicyclic amines) is 1. The van der Waals surface area contributed by atoms with E-state index in [1.54, 1.807) is 29.2 Å². The molecule has 0 radical (unpaired) electrons. The number of piperidine rings is 1. The number of halogens is 1. The minimum Gasteiger partial charge on any atom is -0.338 e. The molecule has 4 nitrogen and oxygen atoms in total. The number of hydrogen-bond acceptors (Lipinski definition) is 3. The van der Waals surface area contributed by atoms with E-state index in [0.717, 1.165) is 25.2 Å². The molecular formula is C18H20FN3OS. The fourth-order valence-electron chi connectivity index (χ4n) is 3.70. The summed E-state index contributed by atoms with van der Waals surface area (Å²) in [6.45, 7) is 1.69. The fourth-order valence-corrected chi connectivity index (χ4v) is 5.24. The molecule has 6 heteroatoms. The van der Waals surface area contributed by atoms with Gasteiger partial charge in [-0.05, 0) is 54.7 Å². The molecule has 1 aromatic heterocycles. The number of carbonyl (C=O) groups excluding carboxylic acids is 1. The lowest BCUT2D eigenvalue weighted by atomic mass is 9.79. The van der Waals surface area contributed by atoms with Crippen LogP contribution in [0.2, 0.25) is 0 Å². The molecule has 2 aliphatic heterocycles. The molecule has 1 atom stereocenters. The second kappa shape index (κ2) is 6.24. The Labute approximate surface area is 145 Å². The first-order valence-electron chi connectivity index (χ1n) is 8.33. The monoisotopic (exact) mass is 345 g/mol. The maximum atomic E-state index is 13.0. The SMILES string of the molecule is O=C(c1cnn(-c2ccc(F)cc2)c1)N1CCCC2(CCSC2)C1. The lowest BCUT2D eigenvalue weighted by Gasteiger charge is -2.39. The van der Waals surface area contributed by atoms with Crippen molar-refractivity contribution in [1.82, 2.24) is 14.7 Å². The normalized spacial score (nSPS) is 23.8. The molecule has 3 heterocycles. The molecule has 2 aromatic rings. The van der Waals surface area contributed by atoms with Crippen molar-refractivity contribution in [2.45, 2.75) is 19.3 Å². The summed E-state index contributed by atoms with van der Waals surface area (Å²) < 4.78 is 14.7. The van der Waals surface area contributed by atoms with Gasteiger partial charge in [0.25, 0.3) is 5.91 Å². The van der Waals surface area contributed by atoms with Crippen LogP contribution in [0.25, 0.3) is 5.69 Å². The van der Waals surface area contributed by atoms with Crippen LogP contribution in [0.4, 0.5) is 4.39 Å². The molecule has 1 unspecified atom stereocenters. The van der Waals surface area contributed by atoms with Crippen LogP contribution in [-0.2, 0) is 0 Å². The third-order valence-electron chi connectivity index (χ3n) is 5.05. The summed E-state index contributed by atoms with van der Waals surface area (Å²) in [5.41, 5.74) is 1.67. The summed E-state index contributed by atoms with van der Waals surface area (Å²) in [5, 5.41) is 4.26. The largest absolute Gasteiger partial charge is 0.338 e. The number of benzene rings is 1. The molecule has 1 spiro atoms. The van der Waals surface area contributed by atoms with Gasteiger partial charge in [-0.2, -0.15) is 16.9 Å². The number of carbonyl (C=O) groups is 1. The molecule has 24 heavy (non-hydrogen) atoms. The number of rotatable bonds is 2. The van der Waals surface area contributed by atoms with E-state index < -0.39 is 0 Å². The van der Waals surface area contributed by atoms with Crippen molar-refractivity contribution in [2.24, 2.45) is 5.41 Å². The van der Waals surface area contributed by atoms with E-state index in [9.17, 15) is 9.18 Å². The van der Waals surface area contributed by atoms with Crippen molar-refractivity contribution in [1.29, 1.82) is 0 Å². The van der Waals surface area contributed by atoms with Gasteiger partial charge < -0.3 is 4.90 Å². The Morgan fingerprint density at radius 1 is 1.25 bits per heavy atom. The van der Waals surface area contributed by atoms with Crippen LogP contribution in [-0.4, -0.2) is 45.2 Å². The molecular weight excluding hydrogens is 325 g/mol. The summed E-state index contributed by atoms with van der Waals surface area (Å²) in [6.07, 6.45) is 6.88. The number of amides is 1. The van der Waals surface area contributed by atoms with Gasteiger partial charge >= 0.3 is 0 Å². The van der Waals surface area contributed by atoms with Crippen LogP contribution in [0, 0.1) is 11.2 Å². The zero-order valence-electron chi connectivity index (χ0n) is 13.4. The molecule has 126 valence electrons. The van der Waals surface area contributed by atoms with Crippen LogP contribution < -0.4 is 0 Å². The highest BCUT2D eigenvalue weighted by Gasteiger charge is 2.40. The van der Waals surface area contributed by atoms with Crippen molar-refractivity contribution >= 4 is 17.7 Å². The summed E-state index contributed by atoms with van der Waals surface area (Å²) in [4.78, 5) is 14.8. The Balaban J connectivity index is 1.51. The van der Waals surface area contributed by atoms with Crippen LogP contribution in [0.15, 0.2) is 36.7 Å². The Morgan fingerprint density at radius 2 is 2.08 bits per heavy atom. The van der Waals surface area contributed by atoms with E-state index in [-0.39, 0.29) is 11.7 Å². The maximum absolute atomic E-state index is 13.0. The van der Waals surface area contributed by atoms with Gasteiger partial charge in [0, 0.05) is 25.0 Å². The van der Waals surface area contributed by atoms with Crippen LogP contribution in [0.1, 0.15) is 29.6 Å². The zero-order chi connectivity index (χ0) is 16.6. The lowest BCUT2D eigenvalue weighted by molar-refractivity contribution is 0.0565. The van der Waals surface area contributed by atoms with Crippen molar-refractivity contribution in [3.8, 4) is 5.69 Å². The molecule has 2 fully saturated rings. The second-order valence-electron chi connectivity index (χ2n) is 6.78. The molecule has 1 amide bonds. The highest BCUT2D eigenvalue weighted by Crippen LogP contribution is 2.43. The number of thioether (sulfide) groups is 1. The van der Waals surface area contributed by atoms with E-state index in [0.29, 0.717) is 11.0 Å². The minimum absolute atomic E-state index is 0.0549. The van der Waals surface area contributed by atoms with E-state index in [1.807, 2.05) is 16.7 Å². The highest BCUT2D eigenvalue weighted by molar-refractivity contribution is 7.99. The first kappa shape index (κ1) is 15.7. The Kier molecular flexibility index (Phi) is 4.08. The van der Waals surface area contributed by atoms with Gasteiger partial charge in [0.05, 0.1) is 17.4 Å². The van der Waals surface area contributed by atoms with Crippen LogP contribution >= 0.6 is 11.8 Å². The first-order chi connectivity index (χ1) is 11.7. The van der Waals surface area contributed by atoms with E-state index in [2.05, 4.69) is 5.10 Å². The Bertz CT molecular complexity index is 737. The van der Waals surface area contributed by atoms with Crippen molar-refractivity contribution < 1.29 is 9.18 Å². The van der Waals surface area contributed by atoms with Gasteiger partial charge in [0.1, 0.15) is 5.82 Å². The topological polar surface area (TPSA) is 38.1 Å². The minimum atomic E-state index is -0.282. The standard InChI is InChI=1S/C18H20FN3OS/c19-15-2-4-16(5-3-15)22-11-14(10-20-22)17(23)21-8-1-6-18(12-21)7-9-24-13-18/h2-5,10-11H,1,6-9,12-13H2. The quantitative estimate of drug-likeness (QED) is 0.838. The van der Waals surface area contributed by atoms with Crippen LogP contribution in [0.5, 0.6) is 0 Å². The summed E-state index contributed by atoms with van der Waals surface area (Å²) >= 11 is 2.01. The van der Waals surface area contributed by atoms with E-state index >= 15 is 0 Å². The average Bonchev–Trinajstić information content (AvgIpc) is 3.25. The molecule has 0 aliphatic carbocycles. The van der Waals surface area contributed by atoms with E-state index in [4.69, 9.17) is 0 Å². The fraction of sp³-hybridized carbons (Fsp3) is 0.444. The molecule has 2 aliphatic rings. The molecule has 0 saturated carbocycles. The van der Waals surface area contributed by atoms with Gasteiger partial charge in [0.2, 0.25) is 0 Å². The number of aromatic nitrogens is 2. The van der Waals surface area contributed by atoms with Gasteiger partial charge in [-0.15, -0.1) is 0 Å².